The molecule has 2 N–H and O–H groups in total. The fraction of sp³-hybridized carbons (Fsp3) is 0.429. The van der Waals surface area contributed by atoms with Crippen molar-refractivity contribution >= 4 is 28.8 Å². The summed E-state index contributed by atoms with van der Waals surface area (Å²) < 4.78 is 85.6. The molecule has 1 heterocycles. The van der Waals surface area contributed by atoms with E-state index < -0.39 is 63.9 Å². The molecule has 2 amide bonds. The molecule has 1 saturated heterocycles. The molecule has 0 saturated carbocycles. The summed E-state index contributed by atoms with van der Waals surface area (Å²) >= 11 is -2.22. The number of hydrogen-bond donors (Lipinski definition) is 2. The van der Waals surface area contributed by atoms with E-state index in [0.29, 0.717) is 31.9 Å². The predicted octanol–water partition coefficient (Wildman–Crippen LogP) is 6.86. The molecule has 16 heteroatoms. The first-order valence-electron chi connectivity index (χ1n) is 16.3. The van der Waals surface area contributed by atoms with Crippen LogP contribution >= 0.6 is 0 Å². The Morgan fingerprint density at radius 2 is 1.75 bits per heavy atom. The molecule has 3 unspecified atom stereocenters. The molecule has 1 aliphatic heterocycles. The van der Waals surface area contributed by atoms with Crippen molar-refractivity contribution in [3.05, 3.63) is 111 Å². The standard InChI is InChI=1S/C35H40F4N6O5S/c1-35(2,3)50-34(47)45-20-26(41-19-27(45)6-5-15-51(48)49)13-14-28-29(39)7-4-8-30(28)42-33(46)32(43-44-40)31(21-9-11-23(36)12-10-21)22-16-24(37)18-25(38)17-22/h4,7-12,16-18,26-27,31-32,41H,5-6,13-15,19-20H2,1-3H3,(H,42,46)(H,48,49)/p-1/t26?,27?,31-,32-/m0/s1. The largest absolute Gasteiger partial charge is 0.772 e. The maximum absolute atomic E-state index is 15.4. The van der Waals surface area contributed by atoms with Gasteiger partial charge in [0.2, 0.25) is 5.91 Å². The SMILES string of the molecule is CC(C)(C)OC(=O)N1CC(CCc2c(F)cccc2NC(=O)[C@@H](N=[N+]=[N-])[C@@H](c2ccc(F)cc2)c2cc(F)cc(F)c2)NCC1CCCS(=O)[O-]. The van der Waals surface area contributed by atoms with E-state index in [9.17, 15) is 37.1 Å². The van der Waals surface area contributed by atoms with E-state index in [1.165, 1.54) is 30.3 Å². The molecular formula is C35H39F4N6O5S-. The van der Waals surface area contributed by atoms with E-state index in [2.05, 4.69) is 20.7 Å². The smallest absolute Gasteiger partial charge is 0.410 e. The van der Waals surface area contributed by atoms with E-state index in [-0.39, 0.29) is 53.2 Å². The molecule has 4 rings (SSSR count). The fourth-order valence-electron chi connectivity index (χ4n) is 6.06. The van der Waals surface area contributed by atoms with Gasteiger partial charge in [-0.15, -0.1) is 0 Å². The summed E-state index contributed by atoms with van der Waals surface area (Å²) in [6, 6.07) is 9.12. The molecule has 3 aromatic rings. The molecule has 0 spiro atoms. The Morgan fingerprint density at radius 1 is 1.06 bits per heavy atom. The first kappa shape index (κ1) is 39.3. The number of benzene rings is 3. The van der Waals surface area contributed by atoms with E-state index in [4.69, 9.17) is 4.74 Å². The van der Waals surface area contributed by atoms with Crippen LogP contribution in [-0.4, -0.2) is 68.2 Å². The highest BCUT2D eigenvalue weighted by atomic mass is 32.2. The normalized spacial score (nSPS) is 17.9. The Hall–Kier alpha value is -4.50. The lowest BCUT2D eigenvalue weighted by Crippen LogP contribution is -2.59. The van der Waals surface area contributed by atoms with Crippen LogP contribution < -0.4 is 10.6 Å². The Labute approximate surface area is 295 Å². The lowest BCUT2D eigenvalue weighted by molar-refractivity contribution is -0.117. The van der Waals surface area contributed by atoms with Gasteiger partial charge in [-0.25, -0.2) is 22.4 Å². The van der Waals surface area contributed by atoms with Crippen LogP contribution in [0.5, 0.6) is 0 Å². The number of amides is 2. The highest BCUT2D eigenvalue weighted by Gasteiger charge is 2.35. The van der Waals surface area contributed by atoms with Gasteiger partial charge in [-0.2, -0.15) is 0 Å². The summed E-state index contributed by atoms with van der Waals surface area (Å²) in [5.74, 6) is -5.35. The van der Waals surface area contributed by atoms with Gasteiger partial charge in [-0.05, 0) is 99.5 Å². The molecule has 1 aliphatic rings. The molecule has 5 atom stereocenters. The van der Waals surface area contributed by atoms with Crippen molar-refractivity contribution in [3.8, 4) is 0 Å². The monoisotopic (exact) mass is 731 g/mol. The number of anilines is 1. The summed E-state index contributed by atoms with van der Waals surface area (Å²) in [7, 11) is 0. The first-order valence-corrected chi connectivity index (χ1v) is 17.5. The van der Waals surface area contributed by atoms with Crippen LogP contribution in [0.25, 0.3) is 10.4 Å². The van der Waals surface area contributed by atoms with Crippen LogP contribution in [0.15, 0.2) is 65.8 Å². The molecule has 0 radical (unpaired) electrons. The number of hydrogen-bond acceptors (Lipinski definition) is 7. The van der Waals surface area contributed by atoms with Crippen LogP contribution in [0, 0.1) is 23.3 Å². The maximum Gasteiger partial charge on any atom is 0.410 e. The van der Waals surface area contributed by atoms with Gasteiger partial charge in [0.05, 0.1) is 0 Å². The molecule has 274 valence electrons. The van der Waals surface area contributed by atoms with Gasteiger partial charge >= 0.3 is 6.09 Å². The van der Waals surface area contributed by atoms with Crippen molar-refractivity contribution in [2.24, 2.45) is 5.11 Å². The van der Waals surface area contributed by atoms with Crippen molar-refractivity contribution in [3.63, 3.8) is 0 Å². The van der Waals surface area contributed by atoms with Gasteiger partial charge in [-0.1, -0.05) is 34.4 Å². The Morgan fingerprint density at radius 3 is 2.37 bits per heavy atom. The van der Waals surface area contributed by atoms with E-state index >= 15 is 4.39 Å². The third-order valence-electron chi connectivity index (χ3n) is 8.33. The number of azide groups is 1. The number of nitrogens with one attached hydrogen (secondary N) is 2. The topological polar surface area (TPSA) is 160 Å². The predicted molar refractivity (Wildman–Crippen MR) is 182 cm³/mol. The molecular weight excluding hydrogens is 692 g/mol. The minimum Gasteiger partial charge on any atom is -0.772 e. The quantitative estimate of drug-likeness (QED) is 0.0642. The molecule has 0 aromatic heterocycles. The third kappa shape index (κ3) is 11.2. The molecule has 1 fully saturated rings. The van der Waals surface area contributed by atoms with Gasteiger partial charge in [-0.3, -0.25) is 9.00 Å². The van der Waals surface area contributed by atoms with E-state index in [1.54, 1.807) is 25.7 Å². The van der Waals surface area contributed by atoms with Crippen molar-refractivity contribution in [1.82, 2.24) is 10.2 Å². The summed E-state index contributed by atoms with van der Waals surface area (Å²) in [5.41, 5.74) is 9.01. The van der Waals surface area contributed by atoms with Crippen LogP contribution in [-0.2, 0) is 27.0 Å². The highest BCUT2D eigenvalue weighted by Crippen LogP contribution is 2.33. The average Bonchev–Trinajstić information content (AvgIpc) is 3.04. The van der Waals surface area contributed by atoms with Gasteiger partial charge in [0, 0.05) is 59.1 Å². The number of halogens is 4. The second kappa shape index (κ2) is 17.6. The number of carbonyl (C=O) groups excluding carboxylic acids is 2. The van der Waals surface area contributed by atoms with Crippen molar-refractivity contribution < 1.29 is 40.6 Å². The zero-order valence-corrected chi connectivity index (χ0v) is 29.1. The molecule has 51 heavy (non-hydrogen) atoms. The fourth-order valence-corrected chi connectivity index (χ4v) is 6.46. The highest BCUT2D eigenvalue weighted by molar-refractivity contribution is 7.79. The number of ether oxygens (including phenoxy) is 1. The Bertz CT molecular complexity index is 1750. The summed E-state index contributed by atoms with van der Waals surface area (Å²) in [6.45, 7) is 5.74. The Kier molecular flexibility index (Phi) is 13.6. The lowest BCUT2D eigenvalue weighted by atomic mass is 9.84. The minimum absolute atomic E-state index is 0.0474. The lowest BCUT2D eigenvalue weighted by Gasteiger charge is -2.41. The molecule has 3 aromatic carbocycles. The van der Waals surface area contributed by atoms with Gasteiger partial charge in [0.1, 0.15) is 34.9 Å². The van der Waals surface area contributed by atoms with Crippen LogP contribution in [0.2, 0.25) is 0 Å². The zero-order chi connectivity index (χ0) is 37.3. The zero-order valence-electron chi connectivity index (χ0n) is 28.3. The first-order chi connectivity index (χ1) is 24.1. The second-order valence-electron chi connectivity index (χ2n) is 13.2. The maximum atomic E-state index is 15.4. The molecule has 0 aliphatic carbocycles. The number of carbonyl (C=O) groups is 2. The van der Waals surface area contributed by atoms with Gasteiger partial charge in [0.25, 0.3) is 0 Å². The summed E-state index contributed by atoms with van der Waals surface area (Å²) in [5, 5.41) is 9.62. The summed E-state index contributed by atoms with van der Waals surface area (Å²) in [4.78, 5) is 31.3. The van der Waals surface area contributed by atoms with Crippen molar-refractivity contribution in [2.75, 3.05) is 24.2 Å². The Balaban J connectivity index is 1.56. The van der Waals surface area contributed by atoms with Gasteiger partial charge < -0.3 is 24.8 Å². The van der Waals surface area contributed by atoms with Crippen molar-refractivity contribution in [1.29, 1.82) is 0 Å². The van der Waals surface area contributed by atoms with Gasteiger partial charge in [0.15, 0.2) is 0 Å². The average molecular weight is 732 g/mol. The van der Waals surface area contributed by atoms with Crippen LogP contribution in [0.3, 0.4) is 0 Å². The van der Waals surface area contributed by atoms with E-state index in [0.717, 1.165) is 24.3 Å². The minimum atomic E-state index is -2.22. The molecule has 0 bridgehead atoms. The third-order valence-corrected chi connectivity index (χ3v) is 8.95. The number of piperazine rings is 1. The van der Waals surface area contributed by atoms with E-state index in [1.807, 2.05) is 0 Å². The molecule has 11 nitrogen and oxygen atoms in total. The van der Waals surface area contributed by atoms with Crippen LogP contribution in [0.4, 0.5) is 28.0 Å². The van der Waals surface area contributed by atoms with Crippen molar-refractivity contribution in [2.45, 2.75) is 76.1 Å². The second-order valence-corrected chi connectivity index (χ2v) is 14.2. The number of nitrogens with zero attached hydrogens (tertiary/aromatic N) is 4. The number of rotatable bonds is 13. The summed E-state index contributed by atoms with van der Waals surface area (Å²) in [6.07, 6.45) is 0.604. The van der Waals surface area contributed by atoms with Crippen LogP contribution in [0.1, 0.15) is 62.6 Å².